The predicted octanol–water partition coefficient (Wildman–Crippen LogP) is 2.51. The highest BCUT2D eigenvalue weighted by Crippen LogP contribution is 2.14. The van der Waals surface area contributed by atoms with E-state index >= 15 is 0 Å². The molecular formula is C20H33N3O3. The first-order valence-electron chi connectivity index (χ1n) is 9.62. The Balaban J connectivity index is 1.67. The molecule has 0 spiro atoms. The van der Waals surface area contributed by atoms with Gasteiger partial charge in [-0.2, -0.15) is 0 Å². The molecule has 146 valence electrons. The number of guanidine groups is 1. The first-order valence-corrected chi connectivity index (χ1v) is 9.62. The molecule has 0 aliphatic carbocycles. The van der Waals surface area contributed by atoms with Crippen LogP contribution in [0.1, 0.15) is 32.3 Å². The second-order valence-corrected chi connectivity index (χ2v) is 6.60. The van der Waals surface area contributed by atoms with Crippen LogP contribution in [-0.4, -0.2) is 57.6 Å². The summed E-state index contributed by atoms with van der Waals surface area (Å²) in [6.45, 7) is 10.7. The van der Waals surface area contributed by atoms with Gasteiger partial charge >= 0.3 is 0 Å². The zero-order chi connectivity index (χ0) is 18.6. The van der Waals surface area contributed by atoms with Crippen LogP contribution in [0.25, 0.3) is 0 Å². The van der Waals surface area contributed by atoms with E-state index in [0.29, 0.717) is 6.54 Å². The van der Waals surface area contributed by atoms with Crippen molar-refractivity contribution >= 4 is 5.96 Å². The van der Waals surface area contributed by atoms with Crippen molar-refractivity contribution in [2.24, 2.45) is 4.99 Å². The van der Waals surface area contributed by atoms with Crippen molar-refractivity contribution in [1.82, 2.24) is 10.6 Å². The molecule has 1 aliphatic heterocycles. The third-order valence-corrected chi connectivity index (χ3v) is 4.03. The van der Waals surface area contributed by atoms with Crippen LogP contribution in [0, 0.1) is 6.92 Å². The SMILES string of the molecule is CCNC(=NCC(C)Oc1cccc(C)c1)NCCCOC1CCOC1. The van der Waals surface area contributed by atoms with E-state index in [4.69, 9.17) is 14.2 Å². The maximum atomic E-state index is 5.93. The second-order valence-electron chi connectivity index (χ2n) is 6.60. The quantitative estimate of drug-likeness (QED) is 0.380. The summed E-state index contributed by atoms with van der Waals surface area (Å²) in [5.41, 5.74) is 1.19. The van der Waals surface area contributed by atoms with Gasteiger partial charge in [-0.3, -0.25) is 0 Å². The molecule has 1 aliphatic rings. The summed E-state index contributed by atoms with van der Waals surface area (Å²) >= 11 is 0. The lowest BCUT2D eigenvalue weighted by molar-refractivity contribution is 0.0420. The first-order chi connectivity index (χ1) is 12.7. The number of nitrogens with zero attached hydrogens (tertiary/aromatic N) is 1. The summed E-state index contributed by atoms with van der Waals surface area (Å²) in [6, 6.07) is 8.09. The molecule has 6 nitrogen and oxygen atoms in total. The van der Waals surface area contributed by atoms with Crippen LogP contribution >= 0.6 is 0 Å². The Morgan fingerprint density at radius 1 is 1.38 bits per heavy atom. The largest absolute Gasteiger partial charge is 0.489 e. The zero-order valence-corrected chi connectivity index (χ0v) is 16.3. The topological polar surface area (TPSA) is 64.1 Å². The van der Waals surface area contributed by atoms with Gasteiger partial charge in [0.25, 0.3) is 0 Å². The van der Waals surface area contributed by atoms with Gasteiger partial charge in [0.05, 0.1) is 19.3 Å². The smallest absolute Gasteiger partial charge is 0.191 e. The van der Waals surface area contributed by atoms with E-state index in [-0.39, 0.29) is 12.2 Å². The molecule has 2 atom stereocenters. The summed E-state index contributed by atoms with van der Waals surface area (Å²) in [5.74, 6) is 1.70. The van der Waals surface area contributed by atoms with Crippen molar-refractivity contribution in [2.45, 2.75) is 45.8 Å². The summed E-state index contributed by atoms with van der Waals surface area (Å²) < 4.78 is 17.0. The molecule has 1 aromatic carbocycles. The molecule has 26 heavy (non-hydrogen) atoms. The zero-order valence-electron chi connectivity index (χ0n) is 16.3. The molecule has 0 saturated carbocycles. The second kappa shape index (κ2) is 11.8. The van der Waals surface area contributed by atoms with Gasteiger partial charge in [0.1, 0.15) is 11.9 Å². The van der Waals surface area contributed by atoms with E-state index in [1.165, 1.54) is 5.56 Å². The Hall–Kier alpha value is -1.79. The van der Waals surface area contributed by atoms with Crippen LogP contribution in [0.5, 0.6) is 5.75 Å². The lowest BCUT2D eigenvalue weighted by Gasteiger charge is -2.16. The number of benzene rings is 1. The molecule has 6 heteroatoms. The number of hydrogen-bond acceptors (Lipinski definition) is 4. The monoisotopic (exact) mass is 363 g/mol. The fourth-order valence-electron chi connectivity index (χ4n) is 2.69. The first kappa shape index (κ1) is 20.5. The van der Waals surface area contributed by atoms with Crippen molar-refractivity contribution in [3.63, 3.8) is 0 Å². The van der Waals surface area contributed by atoms with Gasteiger partial charge in [0, 0.05) is 26.3 Å². The Morgan fingerprint density at radius 2 is 2.27 bits per heavy atom. The lowest BCUT2D eigenvalue weighted by Crippen LogP contribution is -2.39. The Bertz CT molecular complexity index is 545. The van der Waals surface area contributed by atoms with Crippen molar-refractivity contribution < 1.29 is 14.2 Å². The highest BCUT2D eigenvalue weighted by atomic mass is 16.5. The minimum absolute atomic E-state index is 0.0120. The fraction of sp³-hybridized carbons (Fsp3) is 0.650. The molecule has 2 N–H and O–H groups in total. The van der Waals surface area contributed by atoms with Crippen molar-refractivity contribution in [2.75, 3.05) is 39.5 Å². The van der Waals surface area contributed by atoms with E-state index in [0.717, 1.165) is 57.5 Å². The number of aryl methyl sites for hydroxylation is 1. The summed E-state index contributed by atoms with van der Waals surface area (Å²) in [5, 5.41) is 6.61. The van der Waals surface area contributed by atoms with Gasteiger partial charge in [-0.25, -0.2) is 4.99 Å². The predicted molar refractivity (Wildman–Crippen MR) is 105 cm³/mol. The molecule has 0 radical (unpaired) electrons. The van der Waals surface area contributed by atoms with E-state index in [1.807, 2.05) is 25.1 Å². The van der Waals surface area contributed by atoms with Crippen LogP contribution in [0.15, 0.2) is 29.3 Å². The van der Waals surface area contributed by atoms with Crippen molar-refractivity contribution in [3.8, 4) is 5.75 Å². The Kier molecular flexibility index (Phi) is 9.28. The standard InChI is InChI=1S/C20H33N3O3/c1-4-21-20(22-10-6-11-25-19-9-12-24-15-19)23-14-17(3)26-18-8-5-7-16(2)13-18/h5,7-8,13,17,19H,4,6,9-12,14-15H2,1-3H3,(H2,21,22,23). The number of nitrogens with one attached hydrogen (secondary N) is 2. The maximum absolute atomic E-state index is 5.93. The number of ether oxygens (including phenoxy) is 3. The summed E-state index contributed by atoms with van der Waals surface area (Å²) in [7, 11) is 0. The van der Waals surface area contributed by atoms with Gasteiger partial charge in [-0.1, -0.05) is 12.1 Å². The van der Waals surface area contributed by atoms with Crippen LogP contribution < -0.4 is 15.4 Å². The molecule has 1 fully saturated rings. The normalized spacial score (nSPS) is 18.6. The van der Waals surface area contributed by atoms with Gasteiger partial charge in [-0.05, 0) is 51.3 Å². The number of hydrogen-bond donors (Lipinski definition) is 2. The Morgan fingerprint density at radius 3 is 3.00 bits per heavy atom. The van der Waals surface area contributed by atoms with E-state index in [2.05, 4.69) is 35.5 Å². The minimum atomic E-state index is 0.0120. The van der Waals surface area contributed by atoms with E-state index < -0.39 is 0 Å². The molecule has 1 saturated heterocycles. The van der Waals surface area contributed by atoms with Crippen molar-refractivity contribution in [1.29, 1.82) is 0 Å². The van der Waals surface area contributed by atoms with Gasteiger partial charge in [0.15, 0.2) is 5.96 Å². The molecule has 1 heterocycles. The lowest BCUT2D eigenvalue weighted by atomic mass is 10.2. The fourth-order valence-corrected chi connectivity index (χ4v) is 2.69. The average Bonchev–Trinajstić information content (AvgIpc) is 3.12. The average molecular weight is 364 g/mol. The summed E-state index contributed by atoms with van der Waals surface area (Å²) in [4.78, 5) is 4.62. The molecule has 0 aromatic heterocycles. The minimum Gasteiger partial charge on any atom is -0.489 e. The molecular weight excluding hydrogens is 330 g/mol. The summed E-state index contributed by atoms with van der Waals surface area (Å²) in [6.07, 6.45) is 2.24. The highest BCUT2D eigenvalue weighted by Gasteiger charge is 2.15. The van der Waals surface area contributed by atoms with Gasteiger partial charge in [-0.15, -0.1) is 0 Å². The molecule has 2 rings (SSSR count). The van der Waals surface area contributed by atoms with Gasteiger partial charge < -0.3 is 24.8 Å². The molecule has 0 bridgehead atoms. The van der Waals surface area contributed by atoms with Crippen molar-refractivity contribution in [3.05, 3.63) is 29.8 Å². The molecule has 0 amide bonds. The van der Waals surface area contributed by atoms with Crippen LogP contribution in [0.3, 0.4) is 0 Å². The van der Waals surface area contributed by atoms with Crippen LogP contribution in [0.4, 0.5) is 0 Å². The molecule has 1 aromatic rings. The highest BCUT2D eigenvalue weighted by molar-refractivity contribution is 5.79. The maximum Gasteiger partial charge on any atom is 0.191 e. The number of aliphatic imine (C=N–C) groups is 1. The van der Waals surface area contributed by atoms with E-state index in [9.17, 15) is 0 Å². The molecule has 2 unspecified atom stereocenters. The third kappa shape index (κ3) is 8.06. The van der Waals surface area contributed by atoms with Gasteiger partial charge in [0.2, 0.25) is 0 Å². The van der Waals surface area contributed by atoms with E-state index in [1.54, 1.807) is 0 Å². The van der Waals surface area contributed by atoms with Crippen LogP contribution in [-0.2, 0) is 9.47 Å². The number of rotatable bonds is 10. The third-order valence-electron chi connectivity index (χ3n) is 4.03. The van der Waals surface area contributed by atoms with Crippen LogP contribution in [0.2, 0.25) is 0 Å². The Labute approximate surface area is 157 Å².